The molecular formula is C15H17FN2OS. The molecule has 1 aromatic carbocycles. The summed E-state index contributed by atoms with van der Waals surface area (Å²) in [5.74, 6) is -0.669. The summed E-state index contributed by atoms with van der Waals surface area (Å²) in [5, 5.41) is 7.67. The van der Waals surface area contributed by atoms with E-state index >= 15 is 0 Å². The Balaban J connectivity index is 1.80. The second-order valence-electron chi connectivity index (χ2n) is 4.35. The lowest BCUT2D eigenvalue weighted by Crippen LogP contribution is -2.28. The Labute approximate surface area is 121 Å². The molecule has 1 amide bonds. The van der Waals surface area contributed by atoms with Crippen LogP contribution in [0.25, 0.3) is 0 Å². The molecule has 0 atom stereocenters. The van der Waals surface area contributed by atoms with E-state index in [9.17, 15) is 9.18 Å². The number of benzene rings is 1. The summed E-state index contributed by atoms with van der Waals surface area (Å²) in [6.07, 6.45) is 0.988. The molecule has 0 saturated carbocycles. The first-order chi connectivity index (χ1) is 9.70. The van der Waals surface area contributed by atoms with Crippen LogP contribution in [0.2, 0.25) is 0 Å². The van der Waals surface area contributed by atoms with Crippen LogP contribution >= 0.6 is 11.3 Å². The first-order valence-electron chi connectivity index (χ1n) is 6.51. The van der Waals surface area contributed by atoms with Crippen molar-refractivity contribution in [3.63, 3.8) is 0 Å². The Morgan fingerprint density at radius 2 is 2.10 bits per heavy atom. The molecule has 0 radical (unpaired) electrons. The van der Waals surface area contributed by atoms with Crippen LogP contribution in [0.15, 0.2) is 35.7 Å². The fraction of sp³-hybridized carbons (Fsp3) is 0.267. The van der Waals surface area contributed by atoms with Crippen LogP contribution in [0.1, 0.15) is 17.4 Å². The van der Waals surface area contributed by atoms with E-state index in [-0.39, 0.29) is 18.1 Å². The molecule has 106 valence electrons. The highest BCUT2D eigenvalue weighted by molar-refractivity contribution is 7.10. The smallest absolute Gasteiger partial charge is 0.238 e. The Morgan fingerprint density at radius 3 is 2.85 bits per heavy atom. The molecule has 0 aliphatic carbocycles. The zero-order chi connectivity index (χ0) is 14.4. The van der Waals surface area contributed by atoms with Gasteiger partial charge in [0.05, 0.1) is 12.2 Å². The Bertz CT molecular complexity index is 583. The molecule has 0 unspecified atom stereocenters. The number of nitrogens with one attached hydrogen (secondary N) is 2. The first-order valence-corrected chi connectivity index (χ1v) is 7.39. The van der Waals surface area contributed by atoms with Crippen LogP contribution in [-0.4, -0.2) is 12.5 Å². The highest BCUT2D eigenvalue weighted by Crippen LogP contribution is 2.16. The van der Waals surface area contributed by atoms with Crippen molar-refractivity contribution in [1.82, 2.24) is 5.32 Å². The third-order valence-corrected chi connectivity index (χ3v) is 3.90. The lowest BCUT2D eigenvalue weighted by atomic mass is 10.2. The molecule has 20 heavy (non-hydrogen) atoms. The standard InChI is InChI=1S/C15H17FN2OS/c1-2-11-7-8-20-14(11)9-17-10-15(19)18-13-6-4-3-5-12(13)16/h3-8,17H,2,9-10H2,1H3,(H,18,19). The number of thiophene rings is 1. The van der Waals surface area contributed by atoms with Crippen molar-refractivity contribution in [2.75, 3.05) is 11.9 Å². The SMILES string of the molecule is CCc1ccsc1CNCC(=O)Nc1ccccc1F. The predicted octanol–water partition coefficient (Wildman–Crippen LogP) is 3.18. The molecule has 0 bridgehead atoms. The van der Waals surface area contributed by atoms with Gasteiger partial charge >= 0.3 is 0 Å². The summed E-state index contributed by atoms with van der Waals surface area (Å²) in [6, 6.07) is 8.24. The van der Waals surface area contributed by atoms with Gasteiger partial charge in [-0.25, -0.2) is 4.39 Å². The van der Waals surface area contributed by atoms with E-state index in [1.807, 2.05) is 0 Å². The molecule has 5 heteroatoms. The predicted molar refractivity (Wildman–Crippen MR) is 80.4 cm³/mol. The highest BCUT2D eigenvalue weighted by Gasteiger charge is 2.07. The van der Waals surface area contributed by atoms with Gasteiger partial charge in [-0.2, -0.15) is 0 Å². The van der Waals surface area contributed by atoms with E-state index in [1.54, 1.807) is 29.5 Å². The van der Waals surface area contributed by atoms with Gasteiger partial charge in [0.15, 0.2) is 0 Å². The quantitative estimate of drug-likeness (QED) is 0.858. The number of rotatable bonds is 6. The van der Waals surface area contributed by atoms with Gasteiger partial charge in [-0.15, -0.1) is 11.3 Å². The molecule has 0 aliphatic heterocycles. The fourth-order valence-corrected chi connectivity index (χ4v) is 2.83. The van der Waals surface area contributed by atoms with Crippen molar-refractivity contribution in [3.05, 3.63) is 52.0 Å². The topological polar surface area (TPSA) is 41.1 Å². The minimum Gasteiger partial charge on any atom is -0.322 e. The van der Waals surface area contributed by atoms with E-state index < -0.39 is 5.82 Å². The highest BCUT2D eigenvalue weighted by atomic mass is 32.1. The van der Waals surface area contributed by atoms with Gasteiger partial charge in [0.25, 0.3) is 0 Å². The maximum absolute atomic E-state index is 13.4. The summed E-state index contributed by atoms with van der Waals surface area (Å²) in [4.78, 5) is 13.0. The Hall–Kier alpha value is -1.72. The van der Waals surface area contributed by atoms with Crippen molar-refractivity contribution < 1.29 is 9.18 Å². The lowest BCUT2D eigenvalue weighted by Gasteiger charge is -2.07. The zero-order valence-electron chi connectivity index (χ0n) is 11.3. The molecule has 1 aromatic heterocycles. The molecule has 0 fully saturated rings. The molecule has 1 heterocycles. The summed E-state index contributed by atoms with van der Waals surface area (Å²) in [6.45, 7) is 2.93. The summed E-state index contributed by atoms with van der Waals surface area (Å²) in [5.41, 5.74) is 1.52. The molecule has 2 aromatic rings. The van der Waals surface area contributed by atoms with E-state index in [1.165, 1.54) is 16.5 Å². The van der Waals surface area contributed by atoms with Crippen LogP contribution in [-0.2, 0) is 17.8 Å². The van der Waals surface area contributed by atoms with Gasteiger partial charge in [-0.3, -0.25) is 4.79 Å². The van der Waals surface area contributed by atoms with Crippen LogP contribution < -0.4 is 10.6 Å². The second-order valence-corrected chi connectivity index (χ2v) is 5.35. The van der Waals surface area contributed by atoms with Gasteiger partial charge < -0.3 is 10.6 Å². The minimum absolute atomic E-state index is 0.162. The fourth-order valence-electron chi connectivity index (χ4n) is 1.88. The van der Waals surface area contributed by atoms with Gasteiger partial charge in [-0.1, -0.05) is 19.1 Å². The van der Waals surface area contributed by atoms with Crippen molar-refractivity contribution in [2.24, 2.45) is 0 Å². The van der Waals surface area contributed by atoms with Crippen LogP contribution in [0.4, 0.5) is 10.1 Å². The van der Waals surface area contributed by atoms with Crippen molar-refractivity contribution in [1.29, 1.82) is 0 Å². The molecule has 0 spiro atoms. The number of para-hydroxylation sites is 1. The number of anilines is 1. The summed E-state index contributed by atoms with van der Waals surface area (Å²) in [7, 11) is 0. The average molecular weight is 292 g/mol. The van der Waals surface area contributed by atoms with Gasteiger partial charge in [-0.05, 0) is 35.6 Å². The Kier molecular flexibility index (Phi) is 5.26. The molecule has 2 rings (SSSR count). The number of amides is 1. The third-order valence-electron chi connectivity index (χ3n) is 2.94. The van der Waals surface area contributed by atoms with Crippen LogP contribution in [0, 0.1) is 5.82 Å². The molecule has 0 saturated heterocycles. The zero-order valence-corrected chi connectivity index (χ0v) is 12.1. The van der Waals surface area contributed by atoms with E-state index in [2.05, 4.69) is 29.0 Å². The van der Waals surface area contributed by atoms with Crippen LogP contribution in [0.5, 0.6) is 0 Å². The molecule has 0 aliphatic rings. The van der Waals surface area contributed by atoms with Gasteiger partial charge in [0.1, 0.15) is 5.82 Å². The van der Waals surface area contributed by atoms with E-state index in [4.69, 9.17) is 0 Å². The van der Waals surface area contributed by atoms with E-state index in [0.717, 1.165) is 6.42 Å². The average Bonchev–Trinajstić information content (AvgIpc) is 2.89. The van der Waals surface area contributed by atoms with Crippen LogP contribution in [0.3, 0.4) is 0 Å². The number of halogens is 1. The monoisotopic (exact) mass is 292 g/mol. The number of carbonyl (C=O) groups is 1. The van der Waals surface area contributed by atoms with Crippen molar-refractivity contribution in [3.8, 4) is 0 Å². The lowest BCUT2D eigenvalue weighted by molar-refractivity contribution is -0.115. The van der Waals surface area contributed by atoms with Gasteiger partial charge in [0.2, 0.25) is 5.91 Å². The summed E-state index contributed by atoms with van der Waals surface area (Å²) >= 11 is 1.68. The molecular weight excluding hydrogens is 275 g/mol. The largest absolute Gasteiger partial charge is 0.322 e. The summed E-state index contributed by atoms with van der Waals surface area (Å²) < 4.78 is 13.4. The number of carbonyl (C=O) groups excluding carboxylic acids is 1. The second kappa shape index (κ2) is 7.17. The van der Waals surface area contributed by atoms with Crippen molar-refractivity contribution >= 4 is 22.9 Å². The van der Waals surface area contributed by atoms with Crippen molar-refractivity contribution in [2.45, 2.75) is 19.9 Å². The van der Waals surface area contributed by atoms with Gasteiger partial charge in [0, 0.05) is 11.4 Å². The molecule has 3 nitrogen and oxygen atoms in total. The maximum Gasteiger partial charge on any atom is 0.238 e. The number of hydrogen-bond acceptors (Lipinski definition) is 3. The minimum atomic E-state index is -0.424. The number of hydrogen-bond donors (Lipinski definition) is 2. The molecule has 2 N–H and O–H groups in total. The first kappa shape index (κ1) is 14.7. The normalized spacial score (nSPS) is 10.5. The third kappa shape index (κ3) is 3.88. The van der Waals surface area contributed by atoms with E-state index in [0.29, 0.717) is 6.54 Å². The Morgan fingerprint density at radius 1 is 1.30 bits per heavy atom. The number of aryl methyl sites for hydroxylation is 1. The maximum atomic E-state index is 13.4.